The Morgan fingerprint density at radius 1 is 1.19 bits per heavy atom. The van der Waals surface area contributed by atoms with Crippen molar-refractivity contribution in [1.29, 1.82) is 0 Å². The van der Waals surface area contributed by atoms with Gasteiger partial charge in [0.1, 0.15) is 5.56 Å². The van der Waals surface area contributed by atoms with Crippen molar-refractivity contribution in [2.75, 3.05) is 0 Å². The first-order valence-electron chi connectivity index (χ1n) is 4.62. The highest BCUT2D eigenvalue weighted by molar-refractivity contribution is 5.92. The predicted molar refractivity (Wildman–Crippen MR) is 58.8 cm³/mol. The smallest absolute Gasteiger partial charge is 0.261 e. The van der Waals surface area contributed by atoms with Gasteiger partial charge in [0, 0.05) is 23.7 Å². The number of hydrogen-bond donors (Lipinski definition) is 2. The van der Waals surface area contributed by atoms with Gasteiger partial charge in [0.2, 0.25) is 0 Å². The first-order chi connectivity index (χ1) is 7.68. The largest absolute Gasteiger partial charge is 0.365 e. The quantitative estimate of drug-likeness (QED) is 0.766. The molecule has 5 nitrogen and oxygen atoms in total. The molecule has 0 atom stereocenters. The second kappa shape index (κ2) is 3.98. The Hall–Kier alpha value is -2.43. The summed E-state index contributed by atoms with van der Waals surface area (Å²) in [5, 5.41) is 0. The monoisotopic (exact) mass is 215 g/mol. The summed E-state index contributed by atoms with van der Waals surface area (Å²) in [5.41, 5.74) is 5.95. The van der Waals surface area contributed by atoms with E-state index in [2.05, 4.69) is 9.97 Å². The SMILES string of the molecule is NC(=O)c1ccc(-c2ccncc2)[nH]c1=O. The van der Waals surface area contributed by atoms with Crippen molar-refractivity contribution in [2.24, 2.45) is 5.73 Å². The fourth-order valence-corrected chi connectivity index (χ4v) is 1.37. The molecule has 0 aliphatic heterocycles. The minimum Gasteiger partial charge on any atom is -0.365 e. The summed E-state index contributed by atoms with van der Waals surface area (Å²) >= 11 is 0. The van der Waals surface area contributed by atoms with Crippen LogP contribution >= 0.6 is 0 Å². The molecule has 2 heterocycles. The number of nitrogens with two attached hydrogens (primary N) is 1. The Balaban J connectivity index is 2.51. The highest BCUT2D eigenvalue weighted by Gasteiger charge is 2.07. The number of aromatic amines is 1. The summed E-state index contributed by atoms with van der Waals surface area (Å²) in [7, 11) is 0. The Morgan fingerprint density at radius 2 is 1.88 bits per heavy atom. The van der Waals surface area contributed by atoms with Crippen LogP contribution in [0.15, 0.2) is 41.5 Å². The number of primary amides is 1. The molecule has 3 N–H and O–H groups in total. The van der Waals surface area contributed by atoms with Gasteiger partial charge < -0.3 is 10.7 Å². The molecule has 5 heteroatoms. The Labute approximate surface area is 91.0 Å². The van der Waals surface area contributed by atoms with Gasteiger partial charge >= 0.3 is 0 Å². The van der Waals surface area contributed by atoms with Crippen LogP contribution < -0.4 is 11.3 Å². The lowest BCUT2D eigenvalue weighted by molar-refractivity contribution is 0.0999. The van der Waals surface area contributed by atoms with E-state index >= 15 is 0 Å². The van der Waals surface area contributed by atoms with Crippen LogP contribution in [-0.4, -0.2) is 15.9 Å². The number of amides is 1. The molecule has 0 saturated carbocycles. The van der Waals surface area contributed by atoms with E-state index in [1.54, 1.807) is 30.6 Å². The molecule has 0 unspecified atom stereocenters. The lowest BCUT2D eigenvalue weighted by Crippen LogP contribution is -2.23. The molecule has 2 aromatic rings. The summed E-state index contributed by atoms with van der Waals surface area (Å²) in [6.07, 6.45) is 3.24. The Morgan fingerprint density at radius 3 is 2.44 bits per heavy atom. The summed E-state index contributed by atoms with van der Waals surface area (Å²) in [4.78, 5) is 28.8. The van der Waals surface area contributed by atoms with E-state index in [4.69, 9.17) is 5.73 Å². The first-order valence-corrected chi connectivity index (χ1v) is 4.62. The molecule has 16 heavy (non-hydrogen) atoms. The summed E-state index contributed by atoms with van der Waals surface area (Å²) < 4.78 is 0. The molecule has 0 radical (unpaired) electrons. The fourth-order valence-electron chi connectivity index (χ4n) is 1.37. The molecule has 0 spiro atoms. The van der Waals surface area contributed by atoms with Crippen LogP contribution in [0, 0.1) is 0 Å². The average Bonchev–Trinajstić information content (AvgIpc) is 2.29. The molecule has 2 rings (SSSR count). The number of carbonyl (C=O) groups is 1. The summed E-state index contributed by atoms with van der Waals surface area (Å²) in [5.74, 6) is -0.734. The van der Waals surface area contributed by atoms with E-state index < -0.39 is 11.5 Å². The van der Waals surface area contributed by atoms with Crippen molar-refractivity contribution in [1.82, 2.24) is 9.97 Å². The minimum absolute atomic E-state index is 0.0437. The molecule has 0 saturated heterocycles. The van der Waals surface area contributed by atoms with Crippen LogP contribution in [0.5, 0.6) is 0 Å². The van der Waals surface area contributed by atoms with Gasteiger partial charge in [-0.25, -0.2) is 0 Å². The molecular weight excluding hydrogens is 206 g/mol. The number of pyridine rings is 2. The number of hydrogen-bond acceptors (Lipinski definition) is 3. The maximum absolute atomic E-state index is 11.5. The van der Waals surface area contributed by atoms with Gasteiger partial charge in [-0.15, -0.1) is 0 Å². The van der Waals surface area contributed by atoms with Crippen LogP contribution in [0.2, 0.25) is 0 Å². The van der Waals surface area contributed by atoms with Gasteiger partial charge in [-0.3, -0.25) is 14.6 Å². The highest BCUT2D eigenvalue weighted by Crippen LogP contribution is 2.13. The van der Waals surface area contributed by atoms with Crippen molar-refractivity contribution in [3.05, 3.63) is 52.6 Å². The lowest BCUT2D eigenvalue weighted by atomic mass is 10.1. The van der Waals surface area contributed by atoms with Gasteiger partial charge in [-0.05, 0) is 24.3 Å². The third kappa shape index (κ3) is 1.83. The summed E-state index contributed by atoms with van der Waals surface area (Å²) in [6.45, 7) is 0. The van der Waals surface area contributed by atoms with Crippen LogP contribution in [0.1, 0.15) is 10.4 Å². The maximum Gasteiger partial charge on any atom is 0.261 e. The van der Waals surface area contributed by atoms with Crippen molar-refractivity contribution in [2.45, 2.75) is 0 Å². The molecule has 1 amide bonds. The lowest BCUT2D eigenvalue weighted by Gasteiger charge is -2.01. The minimum atomic E-state index is -0.734. The second-order valence-electron chi connectivity index (χ2n) is 3.21. The van der Waals surface area contributed by atoms with Crippen LogP contribution in [0.4, 0.5) is 0 Å². The van der Waals surface area contributed by atoms with Crippen LogP contribution in [-0.2, 0) is 0 Å². The van der Waals surface area contributed by atoms with E-state index in [0.29, 0.717) is 5.69 Å². The number of nitrogens with one attached hydrogen (secondary N) is 1. The van der Waals surface area contributed by atoms with Gasteiger partial charge in [0.15, 0.2) is 0 Å². The summed E-state index contributed by atoms with van der Waals surface area (Å²) in [6, 6.07) is 6.57. The zero-order valence-electron chi connectivity index (χ0n) is 8.31. The van der Waals surface area contributed by atoms with Crippen molar-refractivity contribution in [3.8, 4) is 11.3 Å². The number of aromatic nitrogens is 2. The number of carbonyl (C=O) groups excluding carboxylic acids is 1. The van der Waals surface area contributed by atoms with Crippen LogP contribution in [0.3, 0.4) is 0 Å². The molecular formula is C11H9N3O2. The third-order valence-corrected chi connectivity index (χ3v) is 2.17. The Bertz CT molecular complexity index is 575. The van der Waals surface area contributed by atoms with Gasteiger partial charge in [-0.1, -0.05) is 0 Å². The third-order valence-electron chi connectivity index (χ3n) is 2.17. The van der Waals surface area contributed by atoms with Gasteiger partial charge in [-0.2, -0.15) is 0 Å². The molecule has 0 aromatic carbocycles. The van der Waals surface area contributed by atoms with E-state index in [1.807, 2.05) is 0 Å². The van der Waals surface area contributed by atoms with Gasteiger partial charge in [0.25, 0.3) is 11.5 Å². The molecule has 0 aliphatic carbocycles. The highest BCUT2D eigenvalue weighted by atomic mass is 16.2. The van der Waals surface area contributed by atoms with E-state index in [9.17, 15) is 9.59 Å². The van der Waals surface area contributed by atoms with Crippen molar-refractivity contribution < 1.29 is 4.79 Å². The van der Waals surface area contributed by atoms with Crippen molar-refractivity contribution >= 4 is 5.91 Å². The molecule has 80 valence electrons. The molecule has 0 bridgehead atoms. The maximum atomic E-state index is 11.5. The molecule has 0 aliphatic rings. The van der Waals surface area contributed by atoms with Crippen molar-refractivity contribution in [3.63, 3.8) is 0 Å². The topological polar surface area (TPSA) is 88.8 Å². The van der Waals surface area contributed by atoms with Gasteiger partial charge in [0.05, 0.1) is 0 Å². The number of nitrogens with zero attached hydrogens (tertiary/aromatic N) is 1. The second-order valence-corrected chi connectivity index (χ2v) is 3.21. The Kier molecular flexibility index (Phi) is 2.51. The van der Waals surface area contributed by atoms with E-state index in [1.165, 1.54) is 6.07 Å². The van der Waals surface area contributed by atoms with Crippen LogP contribution in [0.25, 0.3) is 11.3 Å². The molecule has 0 fully saturated rings. The number of rotatable bonds is 2. The zero-order valence-corrected chi connectivity index (χ0v) is 8.31. The fraction of sp³-hybridized carbons (Fsp3) is 0. The standard InChI is InChI=1S/C11H9N3O2/c12-10(15)8-1-2-9(14-11(8)16)7-3-5-13-6-4-7/h1-6H,(H2,12,15)(H,14,16). The predicted octanol–water partition coefficient (Wildman–Crippen LogP) is 0.536. The number of H-pyrrole nitrogens is 1. The van der Waals surface area contributed by atoms with E-state index in [0.717, 1.165) is 5.56 Å². The first kappa shape index (κ1) is 10.1. The average molecular weight is 215 g/mol. The molecule has 2 aromatic heterocycles. The zero-order chi connectivity index (χ0) is 11.5. The normalized spacial score (nSPS) is 10.0. The van der Waals surface area contributed by atoms with E-state index in [-0.39, 0.29) is 5.56 Å².